The Balaban J connectivity index is 2.28. The van der Waals surface area contributed by atoms with Gasteiger partial charge in [-0.1, -0.05) is 30.3 Å². The summed E-state index contributed by atoms with van der Waals surface area (Å²) in [5.41, 5.74) is 1.09. The van der Waals surface area contributed by atoms with Crippen molar-refractivity contribution in [1.82, 2.24) is 0 Å². The van der Waals surface area contributed by atoms with Crippen molar-refractivity contribution in [3.63, 3.8) is 0 Å². The summed E-state index contributed by atoms with van der Waals surface area (Å²) in [7, 11) is 0. The molecule has 3 atom stereocenters. The van der Waals surface area contributed by atoms with E-state index in [0.717, 1.165) is 24.8 Å². The Morgan fingerprint density at radius 2 is 1.93 bits per heavy atom. The highest BCUT2D eigenvalue weighted by atomic mass is 16.3. The number of aliphatic hydroxyl groups excluding tert-OH is 1. The third kappa shape index (κ3) is 2.03. The van der Waals surface area contributed by atoms with Crippen molar-refractivity contribution in [3.8, 4) is 6.07 Å². The summed E-state index contributed by atoms with van der Waals surface area (Å²) in [6.45, 7) is 0. The van der Waals surface area contributed by atoms with Crippen molar-refractivity contribution in [1.29, 1.82) is 5.26 Å². The SMILES string of the molecule is N#C[C@H]1CCC[C@H](O)[C@@H]1c1ccccc1. The molecule has 2 rings (SSSR count). The normalized spacial score (nSPS) is 30.8. The Labute approximate surface area is 90.2 Å². The van der Waals surface area contributed by atoms with Crippen molar-refractivity contribution in [3.05, 3.63) is 35.9 Å². The Morgan fingerprint density at radius 3 is 2.60 bits per heavy atom. The van der Waals surface area contributed by atoms with E-state index < -0.39 is 0 Å². The fraction of sp³-hybridized carbons (Fsp3) is 0.462. The Morgan fingerprint density at radius 1 is 1.20 bits per heavy atom. The lowest BCUT2D eigenvalue weighted by Crippen LogP contribution is -2.29. The van der Waals surface area contributed by atoms with E-state index in [-0.39, 0.29) is 17.9 Å². The second-order valence-corrected chi connectivity index (χ2v) is 4.17. The van der Waals surface area contributed by atoms with Crippen molar-refractivity contribution in [2.75, 3.05) is 0 Å². The monoisotopic (exact) mass is 201 g/mol. The zero-order valence-corrected chi connectivity index (χ0v) is 8.63. The Bertz CT molecular complexity index is 355. The fourth-order valence-corrected chi connectivity index (χ4v) is 2.45. The number of nitriles is 1. The van der Waals surface area contributed by atoms with Gasteiger partial charge in [0.1, 0.15) is 0 Å². The lowest BCUT2D eigenvalue weighted by molar-refractivity contribution is 0.0883. The lowest BCUT2D eigenvalue weighted by Gasteiger charge is -2.31. The van der Waals surface area contributed by atoms with Gasteiger partial charge in [-0.15, -0.1) is 0 Å². The smallest absolute Gasteiger partial charge is 0.0663 e. The van der Waals surface area contributed by atoms with Crippen LogP contribution >= 0.6 is 0 Å². The zero-order chi connectivity index (χ0) is 10.7. The molecule has 0 amide bonds. The molecule has 1 saturated carbocycles. The summed E-state index contributed by atoms with van der Waals surface area (Å²) < 4.78 is 0. The van der Waals surface area contributed by atoms with Crippen LogP contribution in [-0.4, -0.2) is 11.2 Å². The molecule has 0 spiro atoms. The van der Waals surface area contributed by atoms with Crippen LogP contribution in [0.1, 0.15) is 30.7 Å². The minimum Gasteiger partial charge on any atom is -0.392 e. The minimum atomic E-state index is -0.356. The van der Waals surface area contributed by atoms with Crippen LogP contribution in [0.25, 0.3) is 0 Å². The van der Waals surface area contributed by atoms with E-state index in [1.165, 1.54) is 0 Å². The molecule has 15 heavy (non-hydrogen) atoms. The van der Waals surface area contributed by atoms with Crippen LogP contribution in [0, 0.1) is 17.2 Å². The second kappa shape index (κ2) is 4.46. The summed E-state index contributed by atoms with van der Waals surface area (Å²) in [6, 6.07) is 12.2. The molecule has 1 fully saturated rings. The van der Waals surface area contributed by atoms with Crippen LogP contribution in [0.2, 0.25) is 0 Å². The first-order chi connectivity index (χ1) is 7.33. The van der Waals surface area contributed by atoms with Crippen LogP contribution in [-0.2, 0) is 0 Å². The van der Waals surface area contributed by atoms with Crippen molar-refractivity contribution in [2.45, 2.75) is 31.3 Å². The van der Waals surface area contributed by atoms with E-state index in [1.807, 2.05) is 30.3 Å². The summed E-state index contributed by atoms with van der Waals surface area (Å²) in [4.78, 5) is 0. The van der Waals surface area contributed by atoms with E-state index in [2.05, 4.69) is 6.07 Å². The van der Waals surface area contributed by atoms with Gasteiger partial charge in [-0.05, 0) is 24.8 Å². The molecule has 0 heterocycles. The second-order valence-electron chi connectivity index (χ2n) is 4.17. The number of nitrogens with zero attached hydrogens (tertiary/aromatic N) is 1. The molecule has 0 radical (unpaired) electrons. The predicted molar refractivity (Wildman–Crippen MR) is 58.1 cm³/mol. The minimum absolute atomic E-state index is 0.00458. The van der Waals surface area contributed by atoms with Gasteiger partial charge in [0.15, 0.2) is 0 Å². The average Bonchev–Trinajstić information content (AvgIpc) is 2.29. The topological polar surface area (TPSA) is 44.0 Å². The predicted octanol–water partition coefficient (Wildman–Crippen LogP) is 2.45. The van der Waals surface area contributed by atoms with Crippen LogP contribution in [0.3, 0.4) is 0 Å². The first-order valence-electron chi connectivity index (χ1n) is 5.45. The molecule has 1 aromatic rings. The third-order valence-corrected chi connectivity index (χ3v) is 3.21. The number of benzene rings is 1. The highest BCUT2D eigenvalue weighted by Crippen LogP contribution is 2.37. The van der Waals surface area contributed by atoms with Gasteiger partial charge in [-0.25, -0.2) is 0 Å². The first-order valence-corrected chi connectivity index (χ1v) is 5.45. The highest BCUT2D eigenvalue weighted by Gasteiger charge is 2.33. The number of hydrogen-bond donors (Lipinski definition) is 1. The Hall–Kier alpha value is -1.33. The maximum atomic E-state index is 9.97. The molecule has 1 N–H and O–H groups in total. The number of aliphatic hydroxyl groups is 1. The van der Waals surface area contributed by atoms with Crippen LogP contribution in [0.15, 0.2) is 30.3 Å². The summed E-state index contributed by atoms with van der Waals surface area (Å²) >= 11 is 0. The average molecular weight is 201 g/mol. The highest BCUT2D eigenvalue weighted by molar-refractivity contribution is 5.24. The van der Waals surface area contributed by atoms with Gasteiger partial charge < -0.3 is 5.11 Å². The standard InChI is InChI=1S/C13H15NO/c14-9-11-7-4-8-12(15)13(11)10-5-2-1-3-6-10/h1-3,5-6,11-13,15H,4,7-8H2/t11-,12+,13-/m1/s1. The largest absolute Gasteiger partial charge is 0.392 e. The van der Waals surface area contributed by atoms with Crippen LogP contribution < -0.4 is 0 Å². The van der Waals surface area contributed by atoms with E-state index in [9.17, 15) is 5.11 Å². The molecule has 0 saturated heterocycles. The summed E-state index contributed by atoms with van der Waals surface area (Å²) in [6.07, 6.45) is 2.33. The van der Waals surface area contributed by atoms with E-state index in [4.69, 9.17) is 5.26 Å². The molecular weight excluding hydrogens is 186 g/mol. The maximum absolute atomic E-state index is 9.97. The van der Waals surface area contributed by atoms with Crippen molar-refractivity contribution in [2.24, 2.45) is 5.92 Å². The zero-order valence-electron chi connectivity index (χ0n) is 8.63. The molecule has 0 bridgehead atoms. The molecule has 1 aliphatic rings. The van der Waals surface area contributed by atoms with E-state index >= 15 is 0 Å². The molecule has 1 aliphatic carbocycles. The van der Waals surface area contributed by atoms with E-state index in [0.29, 0.717) is 0 Å². The molecule has 0 unspecified atom stereocenters. The van der Waals surface area contributed by atoms with Crippen LogP contribution in [0.4, 0.5) is 0 Å². The first kappa shape index (κ1) is 10.2. The summed E-state index contributed by atoms with van der Waals surface area (Å²) in [5, 5.41) is 19.1. The number of hydrogen-bond acceptors (Lipinski definition) is 2. The van der Waals surface area contributed by atoms with Gasteiger partial charge in [0.2, 0.25) is 0 Å². The van der Waals surface area contributed by atoms with E-state index in [1.54, 1.807) is 0 Å². The quantitative estimate of drug-likeness (QED) is 0.758. The molecule has 2 heteroatoms. The molecule has 1 aromatic carbocycles. The van der Waals surface area contributed by atoms with Gasteiger partial charge in [-0.3, -0.25) is 0 Å². The van der Waals surface area contributed by atoms with Crippen LogP contribution in [0.5, 0.6) is 0 Å². The van der Waals surface area contributed by atoms with Gasteiger partial charge in [0.05, 0.1) is 18.1 Å². The molecule has 0 aliphatic heterocycles. The molecular formula is C13H15NO. The van der Waals surface area contributed by atoms with Gasteiger partial charge in [-0.2, -0.15) is 5.26 Å². The van der Waals surface area contributed by atoms with Crippen molar-refractivity contribution >= 4 is 0 Å². The molecule has 78 valence electrons. The van der Waals surface area contributed by atoms with Crippen molar-refractivity contribution < 1.29 is 5.11 Å². The lowest BCUT2D eigenvalue weighted by atomic mass is 9.74. The number of rotatable bonds is 1. The van der Waals surface area contributed by atoms with Gasteiger partial charge in [0, 0.05) is 5.92 Å². The third-order valence-electron chi connectivity index (χ3n) is 3.21. The van der Waals surface area contributed by atoms with Gasteiger partial charge in [0.25, 0.3) is 0 Å². The Kier molecular flexibility index (Phi) is 3.03. The van der Waals surface area contributed by atoms with Gasteiger partial charge >= 0.3 is 0 Å². The fourth-order valence-electron chi connectivity index (χ4n) is 2.45. The molecule has 2 nitrogen and oxygen atoms in total. The summed E-state index contributed by atoms with van der Waals surface area (Å²) in [5.74, 6) is -0.0268. The molecule has 0 aromatic heterocycles. The maximum Gasteiger partial charge on any atom is 0.0663 e.